The van der Waals surface area contributed by atoms with Crippen molar-refractivity contribution in [2.24, 2.45) is 10.8 Å². The van der Waals surface area contributed by atoms with Crippen LogP contribution in [0.3, 0.4) is 0 Å². The number of nitrogens with zero attached hydrogens (tertiary/aromatic N) is 2. The molecule has 2 aliphatic heterocycles. The van der Waals surface area contributed by atoms with E-state index in [1.54, 1.807) is 0 Å². The van der Waals surface area contributed by atoms with Crippen molar-refractivity contribution in [2.75, 3.05) is 49.4 Å². The van der Waals surface area contributed by atoms with E-state index >= 15 is 17.6 Å². The van der Waals surface area contributed by atoms with E-state index in [-0.39, 0.29) is 22.2 Å². The van der Waals surface area contributed by atoms with Crippen molar-refractivity contribution in [1.82, 2.24) is 0 Å². The second-order valence-electron chi connectivity index (χ2n) is 27.1. The quantitative estimate of drug-likeness (QED) is 0.0752. The molecule has 0 saturated carbocycles. The molecule has 12 aromatic rings. The van der Waals surface area contributed by atoms with Gasteiger partial charge in [0.05, 0.1) is 72.7 Å². The predicted octanol–water partition coefficient (Wildman–Crippen LogP) is 21.8. The molecule has 2 aliphatic carbocycles. The monoisotopic (exact) mass is 1300 g/mol. The lowest BCUT2D eigenvalue weighted by atomic mass is 9.67. The van der Waals surface area contributed by atoms with Crippen molar-refractivity contribution >= 4 is 34.1 Å². The first-order valence-electron chi connectivity index (χ1n) is 33.8. The molecule has 0 N–H and O–H groups in total. The van der Waals surface area contributed by atoms with Gasteiger partial charge in [-0.15, -0.1) is 0 Å². The molecule has 2 fully saturated rings. The summed E-state index contributed by atoms with van der Waals surface area (Å²) >= 11 is 0. The molecule has 10 heteroatoms. The summed E-state index contributed by atoms with van der Waals surface area (Å²) in [4.78, 5) is 3.70. The van der Waals surface area contributed by atoms with Gasteiger partial charge in [0.1, 0.15) is 34.8 Å². The Morgan fingerprint density at radius 2 is 0.684 bits per heavy atom. The van der Waals surface area contributed by atoms with Gasteiger partial charge < -0.3 is 28.7 Å². The molecule has 486 valence electrons. The first-order valence-corrected chi connectivity index (χ1v) is 33.8. The summed E-state index contributed by atoms with van der Waals surface area (Å²) in [5.41, 5.74) is 18.1. The van der Waals surface area contributed by atoms with Gasteiger partial charge in [-0.05, 0) is 202 Å². The molecule has 6 nitrogen and oxygen atoms in total. The van der Waals surface area contributed by atoms with E-state index in [0.29, 0.717) is 62.4 Å². The summed E-state index contributed by atoms with van der Waals surface area (Å²) in [7, 11) is 0. The van der Waals surface area contributed by atoms with Crippen LogP contribution in [0.25, 0.3) is 33.4 Å². The minimum Gasteiger partial charge on any atom is -0.493 e. The van der Waals surface area contributed by atoms with Crippen molar-refractivity contribution in [1.29, 1.82) is 0 Å². The zero-order chi connectivity index (χ0) is 66.9. The summed E-state index contributed by atoms with van der Waals surface area (Å²) in [5.74, 6) is -1.25. The average Bonchev–Trinajstić information content (AvgIpc) is 1.54. The topological polar surface area (TPSA) is 43.4 Å². The van der Waals surface area contributed by atoms with Crippen LogP contribution in [-0.4, -0.2) is 39.6 Å². The lowest BCUT2D eigenvalue weighted by Crippen LogP contribution is -2.46. The van der Waals surface area contributed by atoms with Gasteiger partial charge in [-0.2, -0.15) is 0 Å². The van der Waals surface area contributed by atoms with Gasteiger partial charge in [-0.1, -0.05) is 183 Å². The molecule has 12 aromatic carbocycles. The number of rotatable bonds is 19. The Kier molecular flexibility index (Phi) is 15.8. The summed E-state index contributed by atoms with van der Waals surface area (Å²) in [5, 5.41) is 0. The molecule has 0 spiro atoms. The molecule has 0 bridgehead atoms. The minimum absolute atomic E-state index is 0.0112. The van der Waals surface area contributed by atoms with Crippen LogP contribution in [0.5, 0.6) is 11.5 Å². The van der Waals surface area contributed by atoms with E-state index in [0.717, 1.165) is 125 Å². The van der Waals surface area contributed by atoms with E-state index in [2.05, 4.69) is 198 Å². The average molecular weight is 1300 g/mol. The molecule has 0 radical (unpaired) electrons. The fourth-order valence-corrected chi connectivity index (χ4v) is 15.4. The van der Waals surface area contributed by atoms with Gasteiger partial charge in [-0.25, -0.2) is 17.6 Å². The fraction of sp³-hybridized carbons (Fsp3) is 0.182. The minimum atomic E-state index is -0.813. The zero-order valence-electron chi connectivity index (χ0n) is 55.1. The number of ether oxygens (including phenoxy) is 4. The number of aryl methyl sites for hydroxylation is 2. The molecule has 0 amide bonds. The molecule has 0 aromatic heterocycles. The van der Waals surface area contributed by atoms with Crippen molar-refractivity contribution in [3.63, 3.8) is 0 Å². The highest BCUT2D eigenvalue weighted by atomic mass is 19.1. The first-order chi connectivity index (χ1) is 47.8. The third-order valence-electron chi connectivity index (χ3n) is 21.2. The van der Waals surface area contributed by atoms with Crippen LogP contribution in [0.4, 0.5) is 51.7 Å². The highest BCUT2D eigenvalue weighted by molar-refractivity contribution is 5.92. The SMILES string of the molecule is CCC1(COc2ccc(C3(c4ccc(C)cc4)c4ccccc4-c4ccc(N(c5ccc(-c6ccc(N(c7ccc8c(c7)C(c7ccc(C)cc7)(c7ccc(OCC9(CC)COC9)cc7)c7ccccc7-8)c7ccc(F)cc7F)cc6)cc5)c5ccc(F)cc5F)cc43)cc2)COC1. The Morgan fingerprint density at radius 1 is 0.347 bits per heavy atom. The van der Waals surface area contributed by atoms with Crippen molar-refractivity contribution in [2.45, 2.75) is 51.4 Å². The number of hydrogen-bond donors (Lipinski definition) is 0. The van der Waals surface area contributed by atoms with Crippen molar-refractivity contribution < 1.29 is 36.5 Å². The maximum atomic E-state index is 16.7. The van der Waals surface area contributed by atoms with E-state index in [1.165, 1.54) is 24.3 Å². The molecule has 2 unspecified atom stereocenters. The first kappa shape index (κ1) is 62.3. The van der Waals surface area contributed by atoms with E-state index < -0.39 is 34.1 Å². The Balaban J connectivity index is 0.771. The second-order valence-corrected chi connectivity index (χ2v) is 27.1. The number of benzene rings is 12. The highest BCUT2D eigenvalue weighted by Gasteiger charge is 2.49. The van der Waals surface area contributed by atoms with Gasteiger partial charge in [0.15, 0.2) is 0 Å². The molecular formula is C88H72F4N2O4. The Hall–Kier alpha value is -10.5. The Bertz CT molecular complexity index is 4650. The molecular weight excluding hydrogens is 1220 g/mol. The molecule has 2 saturated heterocycles. The Labute approximate surface area is 570 Å². The molecule has 98 heavy (non-hydrogen) atoms. The normalized spacial score (nSPS) is 17.3. The van der Waals surface area contributed by atoms with Crippen molar-refractivity contribution in [3.05, 3.63) is 346 Å². The van der Waals surface area contributed by atoms with Crippen LogP contribution < -0.4 is 19.3 Å². The third-order valence-corrected chi connectivity index (χ3v) is 21.2. The predicted molar refractivity (Wildman–Crippen MR) is 383 cm³/mol. The van der Waals surface area contributed by atoms with Gasteiger partial charge in [-0.3, -0.25) is 0 Å². The summed E-state index contributed by atoms with van der Waals surface area (Å²) < 4.78 is 87.6. The van der Waals surface area contributed by atoms with Crippen LogP contribution >= 0.6 is 0 Å². The van der Waals surface area contributed by atoms with Gasteiger partial charge in [0, 0.05) is 34.9 Å². The number of halogens is 4. The van der Waals surface area contributed by atoms with Gasteiger partial charge in [0.25, 0.3) is 0 Å². The smallest absolute Gasteiger partial charge is 0.150 e. The van der Waals surface area contributed by atoms with Crippen LogP contribution in [0.2, 0.25) is 0 Å². The molecule has 4 aliphatic rings. The van der Waals surface area contributed by atoms with E-state index in [9.17, 15) is 0 Å². The number of anilines is 6. The van der Waals surface area contributed by atoms with Crippen LogP contribution in [0.1, 0.15) is 82.3 Å². The summed E-state index contributed by atoms with van der Waals surface area (Å²) in [6.45, 7) is 12.4. The zero-order valence-corrected chi connectivity index (χ0v) is 55.1. The van der Waals surface area contributed by atoms with Gasteiger partial charge >= 0.3 is 0 Å². The third kappa shape index (κ3) is 10.5. The van der Waals surface area contributed by atoms with Crippen LogP contribution in [0, 0.1) is 47.9 Å². The highest BCUT2D eigenvalue weighted by Crippen LogP contribution is 2.60. The number of fused-ring (bicyclic) bond motifs is 6. The van der Waals surface area contributed by atoms with Crippen LogP contribution in [-0.2, 0) is 20.3 Å². The summed E-state index contributed by atoms with van der Waals surface area (Å²) in [6.07, 6.45) is 1.94. The Morgan fingerprint density at radius 3 is 1.02 bits per heavy atom. The maximum Gasteiger partial charge on any atom is 0.150 e. The van der Waals surface area contributed by atoms with Crippen LogP contribution in [0.15, 0.2) is 267 Å². The fourth-order valence-electron chi connectivity index (χ4n) is 15.4. The standard InChI is InChI=1S/C88H72F4N2O4/c1-5-85(51-95-52-85)55-97-71-39-27-63(28-40-71)87(61-23-15-57(3)16-24-61)77-13-9-7-11-73(77)75-43-37-69(49-79(75)87)93(83-45-31-65(89)47-81(83)91)67-33-19-59(20-34-67)60-21-35-68(36-22-60)94(84-46-32-66(90)48-82(84)92)70-38-44-76-74-12-8-10-14-78(74)88(80(76)50-70,62-25-17-58(4)18-26-62)64-29-41-72(42-30-64)98-56-86(6-2)53-96-54-86/h7-50H,5-6,51-56H2,1-4H3. The largest absolute Gasteiger partial charge is 0.493 e. The van der Waals surface area contributed by atoms with Crippen molar-refractivity contribution in [3.8, 4) is 44.9 Å². The second kappa shape index (κ2) is 24.8. The van der Waals surface area contributed by atoms with Gasteiger partial charge in [0.2, 0.25) is 0 Å². The number of hydrogen-bond acceptors (Lipinski definition) is 6. The molecule has 2 atom stereocenters. The van der Waals surface area contributed by atoms with E-state index in [1.807, 2.05) is 70.5 Å². The lowest BCUT2D eigenvalue weighted by Gasteiger charge is -2.40. The lowest BCUT2D eigenvalue weighted by molar-refractivity contribution is -0.133. The summed E-state index contributed by atoms with van der Waals surface area (Å²) in [6, 6.07) is 87.2. The maximum absolute atomic E-state index is 16.7. The molecule has 16 rings (SSSR count). The van der Waals surface area contributed by atoms with E-state index in [4.69, 9.17) is 18.9 Å². The molecule has 2 heterocycles.